The Bertz CT molecular complexity index is 872. The van der Waals surface area contributed by atoms with Crippen molar-refractivity contribution in [3.05, 3.63) is 23.8 Å². The summed E-state index contributed by atoms with van der Waals surface area (Å²) in [5, 5.41) is 2.92. The van der Waals surface area contributed by atoms with Crippen molar-refractivity contribution in [3.8, 4) is 5.75 Å². The van der Waals surface area contributed by atoms with Gasteiger partial charge in [-0.3, -0.25) is 9.59 Å². The first kappa shape index (κ1) is 21.6. The lowest BCUT2D eigenvalue weighted by Gasteiger charge is -2.32. The van der Waals surface area contributed by atoms with E-state index in [4.69, 9.17) is 4.74 Å². The molecule has 0 radical (unpaired) electrons. The van der Waals surface area contributed by atoms with E-state index in [2.05, 4.69) is 10.0 Å². The molecular formula is C20H29N3O5S. The summed E-state index contributed by atoms with van der Waals surface area (Å²) in [7, 11) is -2.35. The molecule has 0 aromatic heterocycles. The van der Waals surface area contributed by atoms with E-state index >= 15 is 0 Å². The minimum absolute atomic E-state index is 0.0241. The van der Waals surface area contributed by atoms with Crippen LogP contribution in [-0.4, -0.2) is 57.4 Å². The fraction of sp³-hybridized carbons (Fsp3) is 0.600. The van der Waals surface area contributed by atoms with Crippen LogP contribution in [0.25, 0.3) is 0 Å². The molecule has 2 amide bonds. The molecule has 2 N–H and O–H groups in total. The summed E-state index contributed by atoms with van der Waals surface area (Å²) >= 11 is 0. The molecule has 2 fully saturated rings. The molecule has 1 heterocycles. The average Bonchev–Trinajstić information content (AvgIpc) is 3.49. The Morgan fingerprint density at radius 2 is 1.79 bits per heavy atom. The maximum Gasteiger partial charge on any atom is 0.253 e. The molecule has 1 aliphatic carbocycles. The molecule has 3 rings (SSSR count). The first-order valence-electron chi connectivity index (χ1n) is 10.0. The Hall–Kier alpha value is -2.13. The molecule has 2 aliphatic rings. The number of carbonyl (C=O) groups excluding carboxylic acids is 2. The van der Waals surface area contributed by atoms with Crippen LogP contribution in [0.15, 0.2) is 23.1 Å². The second-order valence-corrected chi connectivity index (χ2v) is 9.67. The number of amides is 2. The van der Waals surface area contributed by atoms with Crippen molar-refractivity contribution >= 4 is 21.8 Å². The van der Waals surface area contributed by atoms with Crippen molar-refractivity contribution in [1.82, 2.24) is 14.9 Å². The van der Waals surface area contributed by atoms with Crippen molar-refractivity contribution < 1.29 is 22.7 Å². The Morgan fingerprint density at radius 3 is 2.34 bits per heavy atom. The molecule has 0 spiro atoms. The smallest absolute Gasteiger partial charge is 0.253 e. The van der Waals surface area contributed by atoms with Crippen LogP contribution in [0.3, 0.4) is 0 Å². The minimum atomic E-state index is -3.76. The van der Waals surface area contributed by atoms with E-state index in [0.29, 0.717) is 31.5 Å². The number of likely N-dealkylation sites (tertiary alicyclic amines) is 1. The zero-order valence-electron chi connectivity index (χ0n) is 17.1. The number of nitrogens with one attached hydrogen (secondary N) is 2. The summed E-state index contributed by atoms with van der Waals surface area (Å²) in [6.45, 7) is 4.76. The van der Waals surface area contributed by atoms with Gasteiger partial charge in [0.15, 0.2) is 0 Å². The molecular weight excluding hydrogens is 394 g/mol. The molecule has 1 saturated heterocycles. The number of piperidine rings is 1. The molecule has 1 saturated carbocycles. The van der Waals surface area contributed by atoms with Gasteiger partial charge in [0.25, 0.3) is 5.91 Å². The van der Waals surface area contributed by atoms with Crippen LogP contribution in [0.5, 0.6) is 5.75 Å². The van der Waals surface area contributed by atoms with Crippen molar-refractivity contribution in [3.63, 3.8) is 0 Å². The van der Waals surface area contributed by atoms with Crippen LogP contribution in [0.4, 0.5) is 0 Å². The topological polar surface area (TPSA) is 105 Å². The summed E-state index contributed by atoms with van der Waals surface area (Å²) in [5.41, 5.74) is 0.298. The van der Waals surface area contributed by atoms with Gasteiger partial charge < -0.3 is 15.0 Å². The SMILES string of the molecule is COc1ccc(C(=O)N2CCC(C(=O)NC(C)C)CC2)cc1S(=O)(=O)NC1CC1. The average molecular weight is 424 g/mol. The number of nitrogens with zero attached hydrogens (tertiary/aromatic N) is 1. The highest BCUT2D eigenvalue weighted by Gasteiger charge is 2.32. The Morgan fingerprint density at radius 1 is 1.14 bits per heavy atom. The minimum Gasteiger partial charge on any atom is -0.495 e. The molecule has 1 aromatic carbocycles. The first-order chi connectivity index (χ1) is 13.7. The van der Waals surface area contributed by atoms with Crippen LogP contribution >= 0.6 is 0 Å². The van der Waals surface area contributed by atoms with E-state index in [-0.39, 0.29) is 40.5 Å². The standard InChI is InChI=1S/C20H29N3O5S/c1-13(2)21-19(24)14-8-10-23(11-9-14)20(25)15-4-7-17(28-3)18(12-15)29(26,27)22-16-5-6-16/h4,7,12-14,16,22H,5-6,8-11H2,1-3H3,(H,21,24). The summed E-state index contributed by atoms with van der Waals surface area (Å²) in [5.74, 6) is -0.107. The number of hydrogen-bond acceptors (Lipinski definition) is 5. The lowest BCUT2D eigenvalue weighted by atomic mass is 9.95. The van der Waals surface area contributed by atoms with Crippen LogP contribution in [0, 0.1) is 5.92 Å². The van der Waals surface area contributed by atoms with Crippen molar-refractivity contribution in [2.45, 2.75) is 56.5 Å². The highest BCUT2D eigenvalue weighted by molar-refractivity contribution is 7.89. The number of hydrogen-bond donors (Lipinski definition) is 2. The molecule has 8 nitrogen and oxygen atoms in total. The van der Waals surface area contributed by atoms with Crippen LogP contribution < -0.4 is 14.8 Å². The molecule has 0 atom stereocenters. The quantitative estimate of drug-likeness (QED) is 0.692. The Balaban J connectivity index is 1.71. The highest BCUT2D eigenvalue weighted by atomic mass is 32.2. The summed E-state index contributed by atoms with van der Waals surface area (Å²) < 4.78 is 33.1. The van der Waals surface area contributed by atoms with Gasteiger partial charge in [0.2, 0.25) is 15.9 Å². The maximum atomic E-state index is 12.9. The van der Waals surface area contributed by atoms with Crippen molar-refractivity contribution in [2.75, 3.05) is 20.2 Å². The molecule has 160 valence electrons. The van der Waals surface area contributed by atoms with Crippen molar-refractivity contribution in [2.24, 2.45) is 5.92 Å². The molecule has 1 aliphatic heterocycles. The fourth-order valence-electron chi connectivity index (χ4n) is 3.43. The third-order valence-electron chi connectivity index (χ3n) is 5.18. The fourth-order valence-corrected chi connectivity index (χ4v) is 4.93. The molecule has 1 aromatic rings. The van der Waals surface area contributed by atoms with Gasteiger partial charge in [-0.2, -0.15) is 0 Å². The van der Waals surface area contributed by atoms with E-state index in [0.717, 1.165) is 12.8 Å². The summed E-state index contributed by atoms with van der Waals surface area (Å²) in [6, 6.07) is 4.52. The van der Waals surface area contributed by atoms with Gasteiger partial charge in [0.05, 0.1) is 7.11 Å². The maximum absolute atomic E-state index is 12.9. The number of benzene rings is 1. The largest absolute Gasteiger partial charge is 0.495 e. The monoisotopic (exact) mass is 423 g/mol. The van der Waals surface area contributed by atoms with E-state index in [1.165, 1.54) is 19.2 Å². The second kappa shape index (κ2) is 8.71. The summed E-state index contributed by atoms with van der Waals surface area (Å²) in [6.07, 6.45) is 2.82. The number of sulfonamides is 1. The van der Waals surface area contributed by atoms with Gasteiger partial charge in [-0.1, -0.05) is 0 Å². The number of carbonyl (C=O) groups is 2. The zero-order valence-corrected chi connectivity index (χ0v) is 17.9. The third kappa shape index (κ3) is 5.27. The predicted octanol–water partition coefficient (Wildman–Crippen LogP) is 1.51. The van der Waals surface area contributed by atoms with E-state index in [1.807, 2.05) is 13.8 Å². The van der Waals surface area contributed by atoms with Gasteiger partial charge in [0.1, 0.15) is 10.6 Å². The van der Waals surface area contributed by atoms with Crippen LogP contribution in [0.2, 0.25) is 0 Å². The Labute approximate surface area is 172 Å². The third-order valence-corrected chi connectivity index (χ3v) is 6.72. The molecule has 0 bridgehead atoms. The summed E-state index contributed by atoms with van der Waals surface area (Å²) in [4.78, 5) is 26.8. The molecule has 0 unspecified atom stereocenters. The number of rotatable bonds is 7. The first-order valence-corrected chi connectivity index (χ1v) is 11.5. The normalized spacial score (nSPS) is 18.0. The second-order valence-electron chi connectivity index (χ2n) is 7.99. The van der Waals surface area contributed by atoms with Gasteiger partial charge in [-0.05, 0) is 57.7 Å². The Kier molecular flexibility index (Phi) is 6.48. The van der Waals surface area contributed by atoms with E-state index < -0.39 is 10.0 Å². The highest BCUT2D eigenvalue weighted by Crippen LogP contribution is 2.29. The van der Waals surface area contributed by atoms with Gasteiger partial charge in [0, 0.05) is 36.7 Å². The van der Waals surface area contributed by atoms with E-state index in [1.54, 1.807) is 11.0 Å². The molecule has 29 heavy (non-hydrogen) atoms. The van der Waals surface area contributed by atoms with Gasteiger partial charge in [-0.25, -0.2) is 13.1 Å². The van der Waals surface area contributed by atoms with Gasteiger partial charge in [-0.15, -0.1) is 0 Å². The molecule has 9 heteroatoms. The number of ether oxygens (including phenoxy) is 1. The number of methoxy groups -OCH3 is 1. The van der Waals surface area contributed by atoms with Crippen LogP contribution in [-0.2, 0) is 14.8 Å². The zero-order chi connectivity index (χ0) is 21.2. The van der Waals surface area contributed by atoms with Gasteiger partial charge >= 0.3 is 0 Å². The van der Waals surface area contributed by atoms with Crippen LogP contribution in [0.1, 0.15) is 49.9 Å². The predicted molar refractivity (Wildman–Crippen MR) is 108 cm³/mol. The van der Waals surface area contributed by atoms with E-state index in [9.17, 15) is 18.0 Å². The van der Waals surface area contributed by atoms with Crippen molar-refractivity contribution in [1.29, 1.82) is 0 Å². The lowest BCUT2D eigenvalue weighted by Crippen LogP contribution is -2.44. The lowest BCUT2D eigenvalue weighted by molar-refractivity contribution is -0.126.